The summed E-state index contributed by atoms with van der Waals surface area (Å²) in [6.07, 6.45) is 8.08. The number of benzene rings is 1. The molecule has 1 aromatic rings. The molecule has 3 heteroatoms. The lowest BCUT2D eigenvalue weighted by atomic mass is 9.75. The molecule has 0 amide bonds. The second-order valence-corrected chi connectivity index (χ2v) is 5.21. The molecule has 0 radical (unpaired) electrons. The number of hydrogen-bond donors (Lipinski definition) is 1. The highest BCUT2D eigenvalue weighted by molar-refractivity contribution is 6.00. The lowest BCUT2D eigenvalue weighted by molar-refractivity contribution is -0.110. The molecule has 1 N–H and O–H groups in total. The van der Waals surface area contributed by atoms with E-state index in [-0.39, 0.29) is 16.9 Å². The van der Waals surface area contributed by atoms with Crippen molar-refractivity contribution in [3.8, 4) is 5.75 Å². The Morgan fingerprint density at radius 2 is 1.68 bits per heavy atom. The van der Waals surface area contributed by atoms with Gasteiger partial charge in [0.15, 0.2) is 5.78 Å². The average Bonchev–Trinajstić information content (AvgIpc) is 2.39. The van der Waals surface area contributed by atoms with Crippen molar-refractivity contribution in [3.05, 3.63) is 54.1 Å². The van der Waals surface area contributed by atoms with Crippen LogP contribution in [-0.2, 0) is 10.2 Å². The van der Waals surface area contributed by atoms with Crippen LogP contribution in [0.4, 0.5) is 0 Å². The molecular weight excluding hydrogens is 238 g/mol. The summed E-state index contributed by atoms with van der Waals surface area (Å²) in [6.45, 7) is 0.920. The van der Waals surface area contributed by atoms with Gasteiger partial charge in [0.1, 0.15) is 5.75 Å². The predicted octanol–water partition coefficient (Wildman–Crippen LogP) is 2.28. The second kappa shape index (κ2) is 5.41. The number of aromatic hydroxyl groups is 1. The number of carbonyl (C=O) groups is 1. The SMILES string of the molecule is CN(C)CCC1(c2ccc(O)cc2)C=CC(=O)C=C1. The fourth-order valence-corrected chi connectivity index (χ4v) is 2.26. The minimum Gasteiger partial charge on any atom is -0.508 e. The number of phenols is 1. The van der Waals surface area contributed by atoms with Gasteiger partial charge in [-0.05, 0) is 56.9 Å². The number of phenolic OH excluding ortho intramolecular Hbond substituents is 1. The number of rotatable bonds is 4. The van der Waals surface area contributed by atoms with Crippen molar-refractivity contribution in [1.29, 1.82) is 0 Å². The Labute approximate surface area is 113 Å². The smallest absolute Gasteiger partial charge is 0.178 e. The van der Waals surface area contributed by atoms with Crippen molar-refractivity contribution in [1.82, 2.24) is 4.90 Å². The molecule has 0 atom stereocenters. The van der Waals surface area contributed by atoms with E-state index in [1.54, 1.807) is 24.3 Å². The molecule has 19 heavy (non-hydrogen) atoms. The van der Waals surface area contributed by atoms with E-state index in [9.17, 15) is 9.90 Å². The maximum absolute atomic E-state index is 11.4. The van der Waals surface area contributed by atoms with Crippen molar-refractivity contribution >= 4 is 5.78 Å². The topological polar surface area (TPSA) is 40.5 Å². The molecule has 0 bridgehead atoms. The van der Waals surface area contributed by atoms with Gasteiger partial charge >= 0.3 is 0 Å². The summed E-state index contributed by atoms with van der Waals surface area (Å²) >= 11 is 0. The minimum atomic E-state index is -0.258. The van der Waals surface area contributed by atoms with Crippen LogP contribution in [0.5, 0.6) is 5.75 Å². The summed E-state index contributed by atoms with van der Waals surface area (Å²) in [5.74, 6) is 0.283. The summed E-state index contributed by atoms with van der Waals surface area (Å²) in [4.78, 5) is 13.5. The maximum atomic E-state index is 11.4. The first-order valence-electron chi connectivity index (χ1n) is 6.38. The third-order valence-corrected chi connectivity index (χ3v) is 3.47. The Hall–Kier alpha value is -1.87. The van der Waals surface area contributed by atoms with Crippen LogP contribution in [0.15, 0.2) is 48.6 Å². The Morgan fingerprint density at radius 1 is 1.11 bits per heavy atom. The summed E-state index contributed by atoms with van der Waals surface area (Å²) in [7, 11) is 4.07. The maximum Gasteiger partial charge on any atom is 0.178 e. The monoisotopic (exact) mass is 257 g/mol. The van der Waals surface area contributed by atoms with Crippen molar-refractivity contribution in [2.45, 2.75) is 11.8 Å². The minimum absolute atomic E-state index is 0.0271. The zero-order chi connectivity index (χ0) is 13.9. The van der Waals surface area contributed by atoms with E-state index in [2.05, 4.69) is 4.90 Å². The Morgan fingerprint density at radius 3 is 2.21 bits per heavy atom. The molecule has 0 fully saturated rings. The van der Waals surface area contributed by atoms with Crippen LogP contribution in [0.2, 0.25) is 0 Å². The molecule has 0 spiro atoms. The van der Waals surface area contributed by atoms with Crippen molar-refractivity contribution in [2.24, 2.45) is 0 Å². The van der Waals surface area contributed by atoms with Crippen molar-refractivity contribution in [2.75, 3.05) is 20.6 Å². The molecular formula is C16H19NO2. The highest BCUT2D eigenvalue weighted by atomic mass is 16.3. The van der Waals surface area contributed by atoms with Crippen LogP contribution in [0.25, 0.3) is 0 Å². The Bertz CT molecular complexity index is 496. The molecule has 0 unspecified atom stereocenters. The molecule has 1 aromatic carbocycles. The van der Waals surface area contributed by atoms with E-state index in [0.29, 0.717) is 0 Å². The largest absolute Gasteiger partial charge is 0.508 e. The lowest BCUT2D eigenvalue weighted by Gasteiger charge is -2.31. The van der Waals surface area contributed by atoms with E-state index in [1.807, 2.05) is 38.4 Å². The second-order valence-electron chi connectivity index (χ2n) is 5.21. The molecule has 0 aliphatic heterocycles. The van der Waals surface area contributed by atoms with Crippen molar-refractivity contribution < 1.29 is 9.90 Å². The molecule has 1 aliphatic rings. The lowest BCUT2D eigenvalue weighted by Crippen LogP contribution is -2.29. The van der Waals surface area contributed by atoms with Crippen molar-refractivity contribution in [3.63, 3.8) is 0 Å². The molecule has 2 rings (SSSR count). The summed E-state index contributed by atoms with van der Waals surface area (Å²) in [5, 5.41) is 9.40. The summed E-state index contributed by atoms with van der Waals surface area (Å²) in [5.41, 5.74) is 0.832. The first-order chi connectivity index (χ1) is 9.02. The summed E-state index contributed by atoms with van der Waals surface area (Å²) in [6, 6.07) is 7.20. The normalized spacial score (nSPS) is 17.1. The average molecular weight is 257 g/mol. The number of hydrogen-bond acceptors (Lipinski definition) is 3. The van der Waals surface area contributed by atoms with Gasteiger partial charge in [-0.25, -0.2) is 0 Å². The number of allylic oxidation sites excluding steroid dienone is 4. The molecule has 0 saturated carbocycles. The zero-order valence-electron chi connectivity index (χ0n) is 11.3. The van der Waals surface area contributed by atoms with Crippen LogP contribution in [0, 0.1) is 0 Å². The number of nitrogens with zero attached hydrogens (tertiary/aromatic N) is 1. The van der Waals surface area contributed by atoms with Gasteiger partial charge in [0, 0.05) is 5.41 Å². The highest BCUT2D eigenvalue weighted by Crippen LogP contribution is 2.34. The highest BCUT2D eigenvalue weighted by Gasteiger charge is 2.28. The molecule has 1 aliphatic carbocycles. The van der Waals surface area contributed by atoms with Gasteiger partial charge in [-0.2, -0.15) is 0 Å². The molecule has 0 aromatic heterocycles. The number of ketones is 1. The fraction of sp³-hybridized carbons (Fsp3) is 0.312. The zero-order valence-corrected chi connectivity index (χ0v) is 11.3. The standard InChI is InChI=1S/C16H19NO2/c1-17(2)12-11-16(9-7-15(19)8-10-16)13-3-5-14(18)6-4-13/h3-10,18H,11-12H2,1-2H3. The van der Waals surface area contributed by atoms with E-state index in [1.165, 1.54) is 0 Å². The third-order valence-electron chi connectivity index (χ3n) is 3.47. The van der Waals surface area contributed by atoms with Crippen LogP contribution in [0.3, 0.4) is 0 Å². The Kier molecular flexibility index (Phi) is 3.86. The first kappa shape index (κ1) is 13.6. The van der Waals surface area contributed by atoms with Gasteiger partial charge in [0.05, 0.1) is 0 Å². The predicted molar refractivity (Wildman–Crippen MR) is 76.2 cm³/mol. The molecule has 0 saturated heterocycles. The van der Waals surface area contributed by atoms with Crippen LogP contribution in [0.1, 0.15) is 12.0 Å². The summed E-state index contributed by atoms with van der Waals surface area (Å²) < 4.78 is 0. The van der Waals surface area contributed by atoms with Gasteiger partial charge in [0.2, 0.25) is 0 Å². The molecule has 100 valence electrons. The number of carbonyl (C=O) groups excluding carboxylic acids is 1. The first-order valence-corrected chi connectivity index (χ1v) is 6.38. The van der Waals surface area contributed by atoms with Gasteiger partial charge in [-0.3, -0.25) is 4.79 Å². The van der Waals surface area contributed by atoms with E-state index >= 15 is 0 Å². The van der Waals surface area contributed by atoms with Gasteiger partial charge < -0.3 is 10.0 Å². The third kappa shape index (κ3) is 3.12. The van der Waals surface area contributed by atoms with Gasteiger partial charge in [0.25, 0.3) is 0 Å². The van der Waals surface area contributed by atoms with Crippen LogP contribution < -0.4 is 0 Å². The van der Waals surface area contributed by atoms with Crippen LogP contribution in [-0.4, -0.2) is 36.4 Å². The van der Waals surface area contributed by atoms with Gasteiger partial charge in [-0.1, -0.05) is 24.3 Å². The molecule has 3 nitrogen and oxygen atoms in total. The van der Waals surface area contributed by atoms with E-state index < -0.39 is 0 Å². The van der Waals surface area contributed by atoms with E-state index in [4.69, 9.17) is 0 Å². The fourth-order valence-electron chi connectivity index (χ4n) is 2.26. The molecule has 0 heterocycles. The van der Waals surface area contributed by atoms with E-state index in [0.717, 1.165) is 18.5 Å². The van der Waals surface area contributed by atoms with Crippen LogP contribution >= 0.6 is 0 Å². The Balaban J connectivity index is 2.34. The quantitative estimate of drug-likeness (QED) is 0.899. The van der Waals surface area contributed by atoms with Gasteiger partial charge in [-0.15, -0.1) is 0 Å².